The van der Waals surface area contributed by atoms with Gasteiger partial charge in [-0.2, -0.15) is 0 Å². The van der Waals surface area contributed by atoms with E-state index in [-0.39, 0.29) is 17.5 Å². The van der Waals surface area contributed by atoms with Gasteiger partial charge in [0.1, 0.15) is 0 Å². The van der Waals surface area contributed by atoms with Gasteiger partial charge in [0.15, 0.2) is 11.6 Å². The molecule has 0 saturated carbocycles. The Bertz CT molecular complexity index is 842. The number of carbonyl (C=O) groups excluding carboxylic acids is 2. The zero-order valence-electron chi connectivity index (χ0n) is 14.7. The molecule has 25 heavy (non-hydrogen) atoms. The number of hydrogen-bond acceptors (Lipinski definition) is 2. The highest BCUT2D eigenvalue weighted by Gasteiger charge is 2.33. The lowest BCUT2D eigenvalue weighted by Gasteiger charge is -2.28. The van der Waals surface area contributed by atoms with E-state index >= 15 is 0 Å². The summed E-state index contributed by atoms with van der Waals surface area (Å²) in [6, 6.07) is 19.9. The van der Waals surface area contributed by atoms with Crippen molar-refractivity contribution in [3.8, 4) is 0 Å². The van der Waals surface area contributed by atoms with E-state index < -0.39 is 0 Å². The third-order valence-electron chi connectivity index (χ3n) is 4.82. The van der Waals surface area contributed by atoms with Crippen LogP contribution >= 0.6 is 0 Å². The van der Waals surface area contributed by atoms with Crippen molar-refractivity contribution in [2.45, 2.75) is 32.6 Å². The number of ketones is 2. The normalized spacial score (nSPS) is 19.4. The first kappa shape index (κ1) is 17.1. The van der Waals surface area contributed by atoms with Crippen molar-refractivity contribution in [1.29, 1.82) is 0 Å². The molecule has 1 atom stereocenters. The summed E-state index contributed by atoms with van der Waals surface area (Å²) in [6.07, 6.45) is 2.99. The number of rotatable bonds is 4. The summed E-state index contributed by atoms with van der Waals surface area (Å²) in [5.41, 5.74) is 4.13. The summed E-state index contributed by atoms with van der Waals surface area (Å²) in [5, 5.41) is 0. The van der Waals surface area contributed by atoms with Crippen LogP contribution in [0.4, 0.5) is 0 Å². The van der Waals surface area contributed by atoms with Gasteiger partial charge in [-0.05, 0) is 30.5 Å². The highest BCUT2D eigenvalue weighted by molar-refractivity contribution is 6.17. The first-order valence-electron chi connectivity index (χ1n) is 8.71. The van der Waals surface area contributed by atoms with Crippen LogP contribution < -0.4 is 0 Å². The zero-order chi connectivity index (χ0) is 17.8. The van der Waals surface area contributed by atoms with Crippen LogP contribution in [-0.4, -0.2) is 11.6 Å². The van der Waals surface area contributed by atoms with Crippen LogP contribution in [0.3, 0.4) is 0 Å². The monoisotopic (exact) mass is 330 g/mol. The molecule has 0 aromatic heterocycles. The Hall–Kier alpha value is -2.74. The minimum atomic E-state index is -0.0805. The molecule has 0 bridgehead atoms. The van der Waals surface area contributed by atoms with E-state index in [9.17, 15) is 9.59 Å². The van der Waals surface area contributed by atoms with E-state index in [1.165, 1.54) is 0 Å². The molecule has 0 heterocycles. The van der Waals surface area contributed by atoms with Gasteiger partial charge in [-0.1, -0.05) is 67.6 Å². The molecular formula is C23H22O2. The molecule has 0 amide bonds. The number of benzene rings is 2. The van der Waals surface area contributed by atoms with Gasteiger partial charge in [0.2, 0.25) is 0 Å². The fraction of sp³-hybridized carbons (Fsp3) is 0.217. The molecule has 0 fully saturated rings. The van der Waals surface area contributed by atoms with E-state index in [0.29, 0.717) is 24.0 Å². The molecule has 0 saturated heterocycles. The van der Waals surface area contributed by atoms with Crippen LogP contribution in [-0.2, 0) is 9.59 Å². The average molecular weight is 330 g/mol. The van der Waals surface area contributed by atoms with Gasteiger partial charge < -0.3 is 0 Å². The second kappa shape index (κ2) is 7.43. The summed E-state index contributed by atoms with van der Waals surface area (Å²) < 4.78 is 0. The van der Waals surface area contributed by atoms with Gasteiger partial charge in [0, 0.05) is 29.1 Å². The Morgan fingerprint density at radius 2 is 1.64 bits per heavy atom. The fourth-order valence-corrected chi connectivity index (χ4v) is 3.39. The lowest BCUT2D eigenvalue weighted by molar-refractivity contribution is -0.117. The summed E-state index contributed by atoms with van der Waals surface area (Å²) in [5.74, 6) is -0.0191. The number of allylic oxidation sites excluding steroid dienone is 3. The van der Waals surface area contributed by atoms with E-state index in [0.717, 1.165) is 16.7 Å². The van der Waals surface area contributed by atoms with Crippen LogP contribution in [0.2, 0.25) is 0 Å². The summed E-state index contributed by atoms with van der Waals surface area (Å²) >= 11 is 0. The van der Waals surface area contributed by atoms with Crippen molar-refractivity contribution in [2.24, 2.45) is 0 Å². The van der Waals surface area contributed by atoms with Crippen molar-refractivity contribution >= 4 is 17.6 Å². The van der Waals surface area contributed by atoms with Gasteiger partial charge >= 0.3 is 0 Å². The van der Waals surface area contributed by atoms with Crippen LogP contribution in [0.25, 0.3) is 6.08 Å². The maximum Gasteiger partial charge on any atom is 0.185 e. The third-order valence-corrected chi connectivity index (χ3v) is 4.82. The number of Topliss-reactive ketones (excluding diaryl/α,β-unsaturated/α-hetero) is 2. The van der Waals surface area contributed by atoms with Crippen molar-refractivity contribution in [1.82, 2.24) is 0 Å². The van der Waals surface area contributed by atoms with Crippen molar-refractivity contribution < 1.29 is 9.59 Å². The number of hydrogen-bond donors (Lipinski definition) is 0. The fourth-order valence-electron chi connectivity index (χ4n) is 3.39. The lowest BCUT2D eigenvalue weighted by atomic mass is 9.74. The molecular weight excluding hydrogens is 308 g/mol. The van der Waals surface area contributed by atoms with Crippen LogP contribution in [0.15, 0.2) is 77.4 Å². The van der Waals surface area contributed by atoms with Gasteiger partial charge in [-0.3, -0.25) is 9.59 Å². The SMILES string of the molecule is CCC(=O)C1=C(C)C(=O)/C(=C\c2ccccc2)C(c2ccccc2)C1. The summed E-state index contributed by atoms with van der Waals surface area (Å²) in [4.78, 5) is 25.4. The molecule has 0 radical (unpaired) electrons. The predicted octanol–water partition coefficient (Wildman–Crippen LogP) is 5.12. The second-order valence-electron chi connectivity index (χ2n) is 6.39. The highest BCUT2D eigenvalue weighted by Crippen LogP contribution is 2.39. The first-order valence-corrected chi connectivity index (χ1v) is 8.71. The smallest absolute Gasteiger partial charge is 0.185 e. The van der Waals surface area contributed by atoms with Gasteiger partial charge in [0.25, 0.3) is 0 Å². The van der Waals surface area contributed by atoms with Crippen LogP contribution in [0.1, 0.15) is 43.7 Å². The van der Waals surface area contributed by atoms with Gasteiger partial charge in [0.05, 0.1) is 0 Å². The lowest BCUT2D eigenvalue weighted by Crippen LogP contribution is -2.23. The second-order valence-corrected chi connectivity index (χ2v) is 6.39. The molecule has 2 aromatic carbocycles. The molecule has 0 N–H and O–H groups in total. The highest BCUT2D eigenvalue weighted by atomic mass is 16.1. The molecule has 2 nitrogen and oxygen atoms in total. The van der Waals surface area contributed by atoms with Crippen LogP contribution in [0.5, 0.6) is 0 Å². The Morgan fingerprint density at radius 1 is 1.04 bits per heavy atom. The third kappa shape index (κ3) is 3.53. The quantitative estimate of drug-likeness (QED) is 0.729. The van der Waals surface area contributed by atoms with Crippen molar-refractivity contribution in [3.05, 3.63) is 88.5 Å². The maximum absolute atomic E-state index is 13.1. The van der Waals surface area contributed by atoms with Gasteiger partial charge in [-0.25, -0.2) is 0 Å². The Labute approximate surface area is 148 Å². The molecule has 2 aromatic rings. The Morgan fingerprint density at radius 3 is 2.24 bits per heavy atom. The first-order chi connectivity index (χ1) is 12.1. The predicted molar refractivity (Wildman–Crippen MR) is 101 cm³/mol. The van der Waals surface area contributed by atoms with E-state index in [1.807, 2.05) is 73.7 Å². The minimum absolute atomic E-state index is 0.0132. The molecule has 0 aliphatic heterocycles. The molecule has 3 rings (SSSR count). The van der Waals surface area contributed by atoms with E-state index in [2.05, 4.69) is 0 Å². The molecule has 0 spiro atoms. The standard InChI is InChI=1S/C23H22O2/c1-3-22(24)19-15-20(18-12-8-5-9-13-18)21(23(25)16(19)2)14-17-10-6-4-7-11-17/h4-14,20H,3,15H2,1-2H3/b21-14-. The topological polar surface area (TPSA) is 34.1 Å². The molecule has 2 heteroatoms. The average Bonchev–Trinajstić information content (AvgIpc) is 2.66. The van der Waals surface area contributed by atoms with Crippen LogP contribution in [0, 0.1) is 0 Å². The zero-order valence-corrected chi connectivity index (χ0v) is 14.7. The molecule has 126 valence electrons. The van der Waals surface area contributed by atoms with E-state index in [4.69, 9.17) is 0 Å². The Kier molecular flexibility index (Phi) is 5.08. The maximum atomic E-state index is 13.1. The molecule has 1 aliphatic rings. The molecule has 1 unspecified atom stereocenters. The minimum Gasteiger partial charge on any atom is -0.295 e. The summed E-state index contributed by atoms with van der Waals surface area (Å²) in [6.45, 7) is 3.63. The largest absolute Gasteiger partial charge is 0.295 e. The summed E-state index contributed by atoms with van der Waals surface area (Å²) in [7, 11) is 0. The van der Waals surface area contributed by atoms with E-state index in [1.54, 1.807) is 6.92 Å². The number of carbonyl (C=O) groups is 2. The van der Waals surface area contributed by atoms with Crippen molar-refractivity contribution in [2.75, 3.05) is 0 Å². The van der Waals surface area contributed by atoms with Gasteiger partial charge in [-0.15, -0.1) is 0 Å². The Balaban J connectivity index is 2.13. The molecule has 1 aliphatic carbocycles. The van der Waals surface area contributed by atoms with Crippen molar-refractivity contribution in [3.63, 3.8) is 0 Å².